The average molecular weight is 251 g/mol. The minimum absolute atomic E-state index is 0.151. The summed E-state index contributed by atoms with van der Waals surface area (Å²) in [5, 5.41) is 21.4. The summed E-state index contributed by atoms with van der Waals surface area (Å²) in [7, 11) is 0. The van der Waals surface area contributed by atoms with E-state index in [2.05, 4.69) is 5.32 Å². The fourth-order valence-electron chi connectivity index (χ4n) is 1.71. The number of hydrogen-bond acceptors (Lipinski definition) is 3. The SMILES string of the molecule is N#Cc1ccc(Cl)cc1NC(C(=O)O)C1CC1. The fourth-order valence-corrected chi connectivity index (χ4v) is 1.88. The summed E-state index contributed by atoms with van der Waals surface area (Å²) in [5.41, 5.74) is 0.889. The number of halogens is 1. The first-order valence-corrected chi connectivity index (χ1v) is 5.68. The van der Waals surface area contributed by atoms with Crippen molar-refractivity contribution >= 4 is 23.3 Å². The van der Waals surface area contributed by atoms with Crippen LogP contribution >= 0.6 is 11.6 Å². The number of nitriles is 1. The van der Waals surface area contributed by atoms with Gasteiger partial charge in [-0.05, 0) is 37.0 Å². The summed E-state index contributed by atoms with van der Waals surface area (Å²) in [6.45, 7) is 0. The quantitative estimate of drug-likeness (QED) is 0.861. The number of carboxylic acid groups (broad SMARTS) is 1. The van der Waals surface area contributed by atoms with Gasteiger partial charge in [-0.2, -0.15) is 5.26 Å². The Hall–Kier alpha value is -1.73. The van der Waals surface area contributed by atoms with Gasteiger partial charge in [0.1, 0.15) is 12.1 Å². The van der Waals surface area contributed by atoms with Gasteiger partial charge in [0.05, 0.1) is 11.3 Å². The molecule has 0 bridgehead atoms. The Labute approximate surface area is 104 Å². The van der Waals surface area contributed by atoms with Gasteiger partial charge in [0.25, 0.3) is 0 Å². The summed E-state index contributed by atoms with van der Waals surface area (Å²) in [6, 6.07) is 6.14. The highest BCUT2D eigenvalue weighted by Crippen LogP contribution is 2.35. The number of carbonyl (C=O) groups is 1. The predicted molar refractivity (Wildman–Crippen MR) is 63.9 cm³/mol. The number of rotatable bonds is 4. The fraction of sp³-hybridized carbons (Fsp3) is 0.333. The molecule has 0 aliphatic heterocycles. The molecule has 0 radical (unpaired) electrons. The van der Waals surface area contributed by atoms with Crippen LogP contribution in [0.25, 0.3) is 0 Å². The van der Waals surface area contributed by atoms with E-state index in [0.717, 1.165) is 12.8 Å². The Morgan fingerprint density at radius 1 is 1.59 bits per heavy atom. The molecule has 1 saturated carbocycles. The van der Waals surface area contributed by atoms with E-state index in [0.29, 0.717) is 16.3 Å². The number of nitrogens with zero attached hydrogens (tertiary/aromatic N) is 1. The van der Waals surface area contributed by atoms with Crippen molar-refractivity contribution in [2.24, 2.45) is 5.92 Å². The molecule has 0 amide bonds. The molecule has 1 fully saturated rings. The van der Waals surface area contributed by atoms with E-state index in [-0.39, 0.29) is 5.92 Å². The van der Waals surface area contributed by atoms with Crippen molar-refractivity contribution in [3.63, 3.8) is 0 Å². The third-order valence-electron chi connectivity index (χ3n) is 2.77. The van der Waals surface area contributed by atoms with Crippen LogP contribution in [0.4, 0.5) is 5.69 Å². The second-order valence-corrected chi connectivity index (χ2v) is 4.54. The molecule has 1 atom stereocenters. The van der Waals surface area contributed by atoms with Crippen molar-refractivity contribution in [1.29, 1.82) is 5.26 Å². The zero-order valence-electron chi connectivity index (χ0n) is 8.98. The van der Waals surface area contributed by atoms with Crippen LogP contribution in [-0.4, -0.2) is 17.1 Å². The predicted octanol–water partition coefficient (Wildman–Crippen LogP) is 2.49. The topological polar surface area (TPSA) is 73.1 Å². The maximum absolute atomic E-state index is 11.1. The van der Waals surface area contributed by atoms with E-state index in [1.54, 1.807) is 18.2 Å². The Bertz CT molecular complexity index is 492. The minimum atomic E-state index is -0.892. The molecule has 2 rings (SSSR count). The molecule has 1 aromatic rings. The van der Waals surface area contributed by atoms with Crippen LogP contribution in [-0.2, 0) is 4.79 Å². The van der Waals surface area contributed by atoms with Crippen LogP contribution < -0.4 is 5.32 Å². The van der Waals surface area contributed by atoms with Crippen molar-refractivity contribution in [1.82, 2.24) is 0 Å². The molecule has 88 valence electrons. The van der Waals surface area contributed by atoms with Gasteiger partial charge in [-0.3, -0.25) is 0 Å². The molecule has 4 nitrogen and oxygen atoms in total. The second-order valence-electron chi connectivity index (χ2n) is 4.10. The molecule has 17 heavy (non-hydrogen) atoms. The first-order chi connectivity index (χ1) is 8.11. The van der Waals surface area contributed by atoms with Crippen molar-refractivity contribution in [3.8, 4) is 6.07 Å². The largest absolute Gasteiger partial charge is 0.480 e. The number of benzene rings is 1. The molecular weight excluding hydrogens is 240 g/mol. The van der Waals surface area contributed by atoms with Crippen LogP contribution in [0.5, 0.6) is 0 Å². The summed E-state index contributed by atoms with van der Waals surface area (Å²) < 4.78 is 0. The van der Waals surface area contributed by atoms with Gasteiger partial charge < -0.3 is 10.4 Å². The summed E-state index contributed by atoms with van der Waals surface area (Å²) >= 11 is 5.84. The molecular formula is C12H11ClN2O2. The van der Waals surface area contributed by atoms with E-state index >= 15 is 0 Å². The number of anilines is 1. The van der Waals surface area contributed by atoms with Crippen LogP contribution in [0.3, 0.4) is 0 Å². The maximum atomic E-state index is 11.1. The maximum Gasteiger partial charge on any atom is 0.326 e. The highest BCUT2D eigenvalue weighted by molar-refractivity contribution is 6.30. The molecule has 1 unspecified atom stereocenters. The van der Waals surface area contributed by atoms with Gasteiger partial charge in [0, 0.05) is 5.02 Å². The molecule has 0 aromatic heterocycles. The monoisotopic (exact) mass is 250 g/mol. The standard InChI is InChI=1S/C12H11ClN2O2/c13-9-4-3-8(6-14)10(5-9)15-11(12(16)17)7-1-2-7/h3-5,7,11,15H,1-2H2,(H,16,17). The zero-order chi connectivity index (χ0) is 12.4. The van der Waals surface area contributed by atoms with Gasteiger partial charge in [-0.1, -0.05) is 11.6 Å². The third-order valence-corrected chi connectivity index (χ3v) is 3.01. The number of hydrogen-bond donors (Lipinski definition) is 2. The summed E-state index contributed by atoms with van der Waals surface area (Å²) in [6.07, 6.45) is 1.82. The molecule has 2 N–H and O–H groups in total. The highest BCUT2D eigenvalue weighted by atomic mass is 35.5. The van der Waals surface area contributed by atoms with E-state index < -0.39 is 12.0 Å². The van der Waals surface area contributed by atoms with Crippen molar-refractivity contribution in [2.75, 3.05) is 5.32 Å². The van der Waals surface area contributed by atoms with Gasteiger partial charge in [-0.15, -0.1) is 0 Å². The first-order valence-electron chi connectivity index (χ1n) is 5.31. The molecule has 1 aliphatic carbocycles. The number of aliphatic carboxylic acids is 1. The van der Waals surface area contributed by atoms with Crippen molar-refractivity contribution in [3.05, 3.63) is 28.8 Å². The third kappa shape index (κ3) is 2.69. The number of nitrogens with one attached hydrogen (secondary N) is 1. The van der Waals surface area contributed by atoms with Crippen LogP contribution in [0.2, 0.25) is 5.02 Å². The lowest BCUT2D eigenvalue weighted by atomic mass is 10.1. The molecule has 5 heteroatoms. The molecule has 0 heterocycles. The molecule has 0 spiro atoms. The van der Waals surface area contributed by atoms with E-state index in [1.165, 1.54) is 0 Å². The van der Waals surface area contributed by atoms with Gasteiger partial charge >= 0.3 is 5.97 Å². The van der Waals surface area contributed by atoms with Crippen LogP contribution in [0, 0.1) is 17.2 Å². The van der Waals surface area contributed by atoms with Crippen molar-refractivity contribution < 1.29 is 9.90 Å². The molecule has 1 aromatic carbocycles. The van der Waals surface area contributed by atoms with Crippen molar-refractivity contribution in [2.45, 2.75) is 18.9 Å². The Balaban J connectivity index is 2.24. The highest BCUT2D eigenvalue weighted by Gasteiger charge is 2.36. The lowest BCUT2D eigenvalue weighted by Gasteiger charge is -2.16. The van der Waals surface area contributed by atoms with E-state index in [4.69, 9.17) is 22.0 Å². The molecule has 0 saturated heterocycles. The van der Waals surface area contributed by atoms with Gasteiger partial charge in [0.15, 0.2) is 0 Å². The minimum Gasteiger partial charge on any atom is -0.480 e. The Kier molecular flexibility index (Phi) is 3.21. The van der Waals surface area contributed by atoms with Gasteiger partial charge in [-0.25, -0.2) is 4.79 Å². The van der Waals surface area contributed by atoms with E-state index in [9.17, 15) is 4.79 Å². The summed E-state index contributed by atoms with van der Waals surface area (Å²) in [5.74, 6) is -0.741. The lowest BCUT2D eigenvalue weighted by Crippen LogP contribution is -2.31. The first kappa shape index (κ1) is 11.7. The zero-order valence-corrected chi connectivity index (χ0v) is 9.74. The average Bonchev–Trinajstić information content (AvgIpc) is 3.09. The molecule has 1 aliphatic rings. The Morgan fingerprint density at radius 2 is 2.29 bits per heavy atom. The normalized spacial score (nSPS) is 16.0. The number of carboxylic acids is 1. The van der Waals surface area contributed by atoms with Crippen LogP contribution in [0.1, 0.15) is 18.4 Å². The van der Waals surface area contributed by atoms with E-state index in [1.807, 2.05) is 6.07 Å². The smallest absolute Gasteiger partial charge is 0.326 e. The van der Waals surface area contributed by atoms with Crippen LogP contribution in [0.15, 0.2) is 18.2 Å². The summed E-state index contributed by atoms with van der Waals surface area (Å²) in [4.78, 5) is 11.1. The lowest BCUT2D eigenvalue weighted by molar-refractivity contribution is -0.138. The Morgan fingerprint density at radius 3 is 2.82 bits per heavy atom. The van der Waals surface area contributed by atoms with Gasteiger partial charge in [0.2, 0.25) is 0 Å². The second kappa shape index (κ2) is 4.64.